The van der Waals surface area contributed by atoms with Crippen molar-refractivity contribution in [2.24, 2.45) is 5.92 Å². The predicted molar refractivity (Wildman–Crippen MR) is 88.3 cm³/mol. The topological polar surface area (TPSA) is 88.2 Å². The van der Waals surface area contributed by atoms with E-state index in [1.165, 1.54) is 9.80 Å². The number of amides is 3. The largest absolute Gasteiger partial charge is 0.444 e. The van der Waals surface area contributed by atoms with E-state index in [9.17, 15) is 14.4 Å². The Morgan fingerprint density at radius 2 is 1.50 bits per heavy atom. The minimum atomic E-state index is -0.787. The van der Waals surface area contributed by atoms with Gasteiger partial charge in [0.05, 0.1) is 5.92 Å². The standard InChI is InChI=1S/C16H29N3O5/c1-15(2,3)23-13(21)17-11-10(12(20)18(7)8)9-19(11)14(22)24-16(4,5)6/h10-11H,9H2,1-8H3,(H,17,21). The Kier molecular flexibility index (Phi) is 5.74. The van der Waals surface area contributed by atoms with E-state index in [4.69, 9.17) is 9.47 Å². The summed E-state index contributed by atoms with van der Waals surface area (Å²) in [6.45, 7) is 10.7. The molecule has 0 bridgehead atoms. The molecule has 138 valence electrons. The molecule has 24 heavy (non-hydrogen) atoms. The zero-order valence-electron chi connectivity index (χ0n) is 15.8. The zero-order valence-corrected chi connectivity index (χ0v) is 15.8. The number of hydrogen-bond acceptors (Lipinski definition) is 5. The van der Waals surface area contributed by atoms with E-state index >= 15 is 0 Å². The summed E-state index contributed by atoms with van der Waals surface area (Å²) in [4.78, 5) is 39.2. The molecule has 1 N–H and O–H groups in total. The Morgan fingerprint density at radius 1 is 1.00 bits per heavy atom. The summed E-state index contributed by atoms with van der Waals surface area (Å²) in [5.74, 6) is -0.698. The minimum Gasteiger partial charge on any atom is -0.444 e. The van der Waals surface area contributed by atoms with E-state index in [-0.39, 0.29) is 12.5 Å². The van der Waals surface area contributed by atoms with Crippen LogP contribution in [0.1, 0.15) is 41.5 Å². The number of likely N-dealkylation sites (tertiary alicyclic amines) is 1. The van der Waals surface area contributed by atoms with Crippen LogP contribution in [-0.4, -0.2) is 65.9 Å². The van der Waals surface area contributed by atoms with Crippen molar-refractivity contribution >= 4 is 18.1 Å². The van der Waals surface area contributed by atoms with E-state index in [1.54, 1.807) is 55.6 Å². The van der Waals surface area contributed by atoms with Gasteiger partial charge in [0.1, 0.15) is 17.4 Å². The highest BCUT2D eigenvalue weighted by Crippen LogP contribution is 2.27. The van der Waals surface area contributed by atoms with Gasteiger partial charge in [-0.1, -0.05) is 0 Å². The van der Waals surface area contributed by atoms with Crippen molar-refractivity contribution in [1.29, 1.82) is 0 Å². The van der Waals surface area contributed by atoms with Crippen LogP contribution in [0.4, 0.5) is 9.59 Å². The molecule has 0 aromatic carbocycles. The Bertz CT molecular complexity index is 505. The molecule has 0 radical (unpaired) electrons. The van der Waals surface area contributed by atoms with Crippen molar-refractivity contribution in [3.63, 3.8) is 0 Å². The maximum absolute atomic E-state index is 12.2. The highest BCUT2D eigenvalue weighted by Gasteiger charge is 2.49. The highest BCUT2D eigenvalue weighted by molar-refractivity contribution is 5.84. The van der Waals surface area contributed by atoms with Gasteiger partial charge >= 0.3 is 12.2 Å². The van der Waals surface area contributed by atoms with Crippen molar-refractivity contribution in [3.8, 4) is 0 Å². The van der Waals surface area contributed by atoms with Crippen LogP contribution in [0.5, 0.6) is 0 Å². The summed E-state index contributed by atoms with van der Waals surface area (Å²) < 4.78 is 10.5. The smallest absolute Gasteiger partial charge is 0.411 e. The van der Waals surface area contributed by atoms with Crippen LogP contribution >= 0.6 is 0 Å². The monoisotopic (exact) mass is 343 g/mol. The molecule has 0 saturated carbocycles. The van der Waals surface area contributed by atoms with Crippen LogP contribution in [0.3, 0.4) is 0 Å². The molecule has 3 amide bonds. The number of hydrogen-bond donors (Lipinski definition) is 1. The van der Waals surface area contributed by atoms with Gasteiger partial charge in [-0.05, 0) is 41.5 Å². The van der Waals surface area contributed by atoms with Gasteiger partial charge in [0.2, 0.25) is 5.91 Å². The number of nitrogens with one attached hydrogen (secondary N) is 1. The van der Waals surface area contributed by atoms with Gasteiger partial charge in [-0.15, -0.1) is 0 Å². The fourth-order valence-corrected chi connectivity index (χ4v) is 2.16. The van der Waals surface area contributed by atoms with Crippen LogP contribution < -0.4 is 5.32 Å². The second kappa shape index (κ2) is 6.86. The minimum absolute atomic E-state index is 0.170. The van der Waals surface area contributed by atoms with E-state index in [1.807, 2.05) is 0 Å². The zero-order chi connectivity index (χ0) is 18.9. The van der Waals surface area contributed by atoms with Crippen LogP contribution in [0.15, 0.2) is 0 Å². The average Bonchev–Trinajstić information content (AvgIpc) is 2.30. The van der Waals surface area contributed by atoms with Crippen molar-refractivity contribution in [3.05, 3.63) is 0 Å². The number of carbonyl (C=O) groups is 3. The fourth-order valence-electron chi connectivity index (χ4n) is 2.16. The lowest BCUT2D eigenvalue weighted by Gasteiger charge is -2.47. The molecule has 1 heterocycles. The van der Waals surface area contributed by atoms with Crippen LogP contribution in [0.2, 0.25) is 0 Å². The Hall–Kier alpha value is -1.99. The molecule has 1 saturated heterocycles. The van der Waals surface area contributed by atoms with Gasteiger partial charge in [0, 0.05) is 20.6 Å². The SMILES string of the molecule is CN(C)C(=O)C1CN(C(=O)OC(C)(C)C)C1NC(=O)OC(C)(C)C. The molecule has 1 fully saturated rings. The lowest BCUT2D eigenvalue weighted by molar-refractivity contribution is -0.143. The normalized spacial score (nSPS) is 20.8. The third-order valence-corrected chi connectivity index (χ3v) is 3.16. The number of alkyl carbamates (subject to hydrolysis) is 1. The second-order valence-electron chi connectivity index (χ2n) is 8.06. The van der Waals surface area contributed by atoms with Gasteiger partial charge in [0.15, 0.2) is 0 Å². The molecule has 0 aromatic rings. The maximum Gasteiger partial charge on any atom is 0.411 e. The molecule has 0 aliphatic carbocycles. The lowest BCUT2D eigenvalue weighted by atomic mass is 9.94. The Balaban J connectivity index is 2.84. The van der Waals surface area contributed by atoms with Gasteiger partial charge in [-0.2, -0.15) is 0 Å². The maximum atomic E-state index is 12.2. The first-order valence-corrected chi connectivity index (χ1v) is 7.91. The lowest BCUT2D eigenvalue weighted by Crippen LogP contribution is -2.69. The van der Waals surface area contributed by atoms with Gasteiger partial charge in [-0.3, -0.25) is 9.69 Å². The molecule has 1 rings (SSSR count). The summed E-state index contributed by atoms with van der Waals surface area (Å²) in [5.41, 5.74) is -1.34. The molecule has 1 aliphatic rings. The molecule has 0 aromatic heterocycles. The van der Waals surface area contributed by atoms with Crippen molar-refractivity contribution in [2.45, 2.75) is 58.9 Å². The van der Waals surface area contributed by atoms with E-state index < -0.39 is 35.5 Å². The predicted octanol–water partition coefficient (Wildman–Crippen LogP) is 1.79. The van der Waals surface area contributed by atoms with E-state index in [0.717, 1.165) is 0 Å². The summed E-state index contributed by atoms with van der Waals surface area (Å²) in [6.07, 6.45) is -2.05. The summed E-state index contributed by atoms with van der Waals surface area (Å²) >= 11 is 0. The first-order valence-electron chi connectivity index (χ1n) is 7.91. The summed E-state index contributed by atoms with van der Waals surface area (Å²) in [6, 6.07) is 0. The van der Waals surface area contributed by atoms with Crippen LogP contribution in [-0.2, 0) is 14.3 Å². The molecular formula is C16H29N3O5. The highest BCUT2D eigenvalue weighted by atomic mass is 16.6. The molecule has 2 unspecified atom stereocenters. The van der Waals surface area contributed by atoms with Crippen LogP contribution in [0.25, 0.3) is 0 Å². The van der Waals surface area contributed by atoms with Gasteiger partial charge in [-0.25, -0.2) is 9.59 Å². The average molecular weight is 343 g/mol. The Labute approximate surface area is 143 Å². The third-order valence-electron chi connectivity index (χ3n) is 3.16. The van der Waals surface area contributed by atoms with Gasteiger partial charge < -0.3 is 19.7 Å². The van der Waals surface area contributed by atoms with Crippen LogP contribution in [0, 0.1) is 5.92 Å². The molecule has 8 nitrogen and oxygen atoms in total. The molecule has 0 spiro atoms. The molecule has 1 aliphatic heterocycles. The van der Waals surface area contributed by atoms with E-state index in [0.29, 0.717) is 0 Å². The van der Waals surface area contributed by atoms with Crippen molar-refractivity contribution < 1.29 is 23.9 Å². The quantitative estimate of drug-likeness (QED) is 0.826. The summed E-state index contributed by atoms with van der Waals surface area (Å²) in [7, 11) is 3.26. The number of ether oxygens (including phenoxy) is 2. The van der Waals surface area contributed by atoms with Crippen molar-refractivity contribution in [1.82, 2.24) is 15.1 Å². The number of nitrogens with zero attached hydrogens (tertiary/aromatic N) is 2. The fraction of sp³-hybridized carbons (Fsp3) is 0.812. The molecule has 8 heteroatoms. The number of carbonyl (C=O) groups excluding carboxylic acids is 3. The molecular weight excluding hydrogens is 314 g/mol. The second-order valence-corrected chi connectivity index (χ2v) is 8.06. The van der Waals surface area contributed by atoms with Crippen molar-refractivity contribution in [2.75, 3.05) is 20.6 Å². The summed E-state index contributed by atoms with van der Waals surface area (Å²) in [5, 5.41) is 2.59. The first-order chi connectivity index (χ1) is 10.7. The third kappa shape index (κ3) is 5.58. The van der Waals surface area contributed by atoms with Gasteiger partial charge in [0.25, 0.3) is 0 Å². The first kappa shape index (κ1) is 20.1. The Morgan fingerprint density at radius 3 is 1.92 bits per heavy atom. The number of rotatable bonds is 2. The molecule has 2 atom stereocenters. The van der Waals surface area contributed by atoms with E-state index in [2.05, 4.69) is 5.32 Å².